The third-order valence-electron chi connectivity index (χ3n) is 1.47. The molecule has 5 heteroatoms. The molecule has 14 heavy (non-hydrogen) atoms. The van der Waals surface area contributed by atoms with Gasteiger partial charge < -0.3 is 10.2 Å². The molecule has 1 aromatic carbocycles. The van der Waals surface area contributed by atoms with E-state index in [1.807, 2.05) is 19.6 Å². The van der Waals surface area contributed by atoms with Gasteiger partial charge in [-0.15, -0.1) is 0 Å². The van der Waals surface area contributed by atoms with E-state index >= 15 is 0 Å². The normalized spacial score (nSPS) is 11.5. The van der Waals surface area contributed by atoms with Crippen molar-refractivity contribution in [3.8, 4) is 5.75 Å². The topological polar surface area (TPSA) is 35.2 Å². The molecule has 0 atom stereocenters. The van der Waals surface area contributed by atoms with Crippen molar-refractivity contribution in [1.82, 2.24) is 0 Å². The Morgan fingerprint density at radius 2 is 1.93 bits per heavy atom. The summed E-state index contributed by atoms with van der Waals surface area (Å²) in [7, 11) is -1.73. The molecule has 0 aliphatic heterocycles. The van der Waals surface area contributed by atoms with Crippen LogP contribution in [0.1, 0.15) is 0 Å². The van der Waals surface area contributed by atoms with Crippen LogP contribution in [0, 0.1) is 5.82 Å². The van der Waals surface area contributed by atoms with Crippen LogP contribution in [0.15, 0.2) is 12.1 Å². The van der Waals surface area contributed by atoms with E-state index in [1.54, 1.807) is 0 Å². The first-order chi connectivity index (χ1) is 6.29. The number of nitrogens with two attached hydrogens (primary N) is 1. The molecule has 0 heterocycles. The van der Waals surface area contributed by atoms with Gasteiger partial charge in [0, 0.05) is 6.07 Å². The highest BCUT2D eigenvalue weighted by molar-refractivity contribution is 6.70. The molecular formula is C9H13ClFNOSi. The Kier molecular flexibility index (Phi) is 3.06. The van der Waals surface area contributed by atoms with Crippen LogP contribution in [0.3, 0.4) is 0 Å². The van der Waals surface area contributed by atoms with Crippen LogP contribution in [0.2, 0.25) is 24.7 Å². The van der Waals surface area contributed by atoms with E-state index < -0.39 is 14.1 Å². The molecule has 0 radical (unpaired) electrons. The van der Waals surface area contributed by atoms with Gasteiger partial charge >= 0.3 is 0 Å². The molecule has 0 aromatic heterocycles. The standard InChI is InChI=1S/C9H13ClFNOSi/c1-14(2,3)13-9-5-8(12)7(11)4-6(9)10/h4-5H,12H2,1-3H3. The fourth-order valence-corrected chi connectivity index (χ4v) is 2.04. The Morgan fingerprint density at radius 3 is 2.43 bits per heavy atom. The second-order valence-electron chi connectivity index (χ2n) is 4.02. The van der Waals surface area contributed by atoms with Crippen molar-refractivity contribution in [2.24, 2.45) is 0 Å². The van der Waals surface area contributed by atoms with Gasteiger partial charge in [0.15, 0.2) is 0 Å². The summed E-state index contributed by atoms with van der Waals surface area (Å²) in [6, 6.07) is 2.60. The van der Waals surface area contributed by atoms with Crippen molar-refractivity contribution in [1.29, 1.82) is 0 Å². The Labute approximate surface area is 89.0 Å². The maximum Gasteiger partial charge on any atom is 0.242 e. The predicted octanol–water partition coefficient (Wildman–Crippen LogP) is 3.28. The zero-order chi connectivity index (χ0) is 10.9. The lowest BCUT2D eigenvalue weighted by atomic mass is 10.3. The van der Waals surface area contributed by atoms with E-state index in [2.05, 4.69) is 0 Å². The van der Waals surface area contributed by atoms with Gasteiger partial charge in [0.2, 0.25) is 8.32 Å². The highest BCUT2D eigenvalue weighted by Gasteiger charge is 2.18. The predicted molar refractivity (Wildman–Crippen MR) is 59.8 cm³/mol. The molecule has 1 rings (SSSR count). The first-order valence-electron chi connectivity index (χ1n) is 4.23. The van der Waals surface area contributed by atoms with Crippen LogP contribution in [0.4, 0.5) is 10.1 Å². The first kappa shape index (κ1) is 11.3. The molecule has 0 fully saturated rings. The third kappa shape index (κ3) is 2.89. The van der Waals surface area contributed by atoms with Gasteiger partial charge in [-0.1, -0.05) is 11.6 Å². The summed E-state index contributed by atoms with van der Waals surface area (Å²) in [5, 5.41) is 0.263. The van der Waals surface area contributed by atoms with Crippen molar-refractivity contribution in [2.45, 2.75) is 19.6 Å². The lowest BCUT2D eigenvalue weighted by Gasteiger charge is -2.20. The second kappa shape index (κ2) is 3.79. The SMILES string of the molecule is C[Si](C)(C)Oc1cc(N)c(F)cc1Cl. The van der Waals surface area contributed by atoms with Crippen LogP contribution in [0.5, 0.6) is 5.75 Å². The maximum atomic E-state index is 12.9. The molecule has 0 aliphatic carbocycles. The molecule has 0 bridgehead atoms. The molecule has 0 aliphatic rings. The van der Waals surface area contributed by atoms with Gasteiger partial charge in [0.1, 0.15) is 11.6 Å². The molecule has 0 saturated heterocycles. The van der Waals surface area contributed by atoms with Crippen LogP contribution < -0.4 is 10.2 Å². The molecular weight excluding hydrogens is 221 g/mol. The Bertz CT molecular complexity index is 351. The highest BCUT2D eigenvalue weighted by Crippen LogP contribution is 2.30. The fourth-order valence-electron chi connectivity index (χ4n) is 0.953. The molecule has 0 unspecified atom stereocenters. The van der Waals surface area contributed by atoms with Gasteiger partial charge in [0.05, 0.1) is 10.7 Å². The van der Waals surface area contributed by atoms with Crippen molar-refractivity contribution < 1.29 is 8.82 Å². The summed E-state index contributed by atoms with van der Waals surface area (Å²) in [6.07, 6.45) is 0. The Hall–Kier alpha value is -0.743. The minimum absolute atomic E-state index is 0.0580. The van der Waals surface area contributed by atoms with E-state index in [-0.39, 0.29) is 10.7 Å². The quantitative estimate of drug-likeness (QED) is 0.629. The Balaban J connectivity index is 3.04. The fraction of sp³-hybridized carbons (Fsp3) is 0.333. The van der Waals surface area contributed by atoms with Crippen molar-refractivity contribution in [3.05, 3.63) is 23.0 Å². The van der Waals surface area contributed by atoms with Crippen molar-refractivity contribution >= 4 is 25.6 Å². The molecule has 0 spiro atoms. The number of benzene rings is 1. The van der Waals surface area contributed by atoms with Crippen LogP contribution in [-0.4, -0.2) is 8.32 Å². The summed E-state index contributed by atoms with van der Waals surface area (Å²) in [6.45, 7) is 6.05. The average molecular weight is 234 g/mol. The first-order valence-corrected chi connectivity index (χ1v) is 8.02. The van der Waals surface area contributed by atoms with Gasteiger partial charge in [-0.3, -0.25) is 0 Å². The number of hydrogen-bond acceptors (Lipinski definition) is 2. The van der Waals surface area contributed by atoms with E-state index in [4.69, 9.17) is 21.8 Å². The summed E-state index contributed by atoms with van der Waals surface area (Å²) >= 11 is 5.81. The number of anilines is 1. The van der Waals surface area contributed by atoms with Crippen LogP contribution >= 0.6 is 11.6 Å². The van der Waals surface area contributed by atoms with Crippen molar-refractivity contribution in [3.63, 3.8) is 0 Å². The van der Waals surface area contributed by atoms with Gasteiger partial charge in [-0.25, -0.2) is 4.39 Å². The van der Waals surface area contributed by atoms with Crippen LogP contribution in [-0.2, 0) is 0 Å². The number of halogens is 2. The monoisotopic (exact) mass is 233 g/mol. The number of nitrogen functional groups attached to an aromatic ring is 1. The molecule has 0 saturated carbocycles. The van der Waals surface area contributed by atoms with Gasteiger partial charge in [-0.2, -0.15) is 0 Å². The van der Waals surface area contributed by atoms with E-state index in [1.165, 1.54) is 12.1 Å². The summed E-state index contributed by atoms with van der Waals surface area (Å²) < 4.78 is 18.6. The van der Waals surface area contributed by atoms with E-state index in [0.29, 0.717) is 5.75 Å². The zero-order valence-electron chi connectivity index (χ0n) is 8.40. The average Bonchev–Trinajstić information content (AvgIpc) is 1.97. The minimum Gasteiger partial charge on any atom is -0.543 e. The van der Waals surface area contributed by atoms with Crippen molar-refractivity contribution in [2.75, 3.05) is 5.73 Å². The smallest absolute Gasteiger partial charge is 0.242 e. The van der Waals surface area contributed by atoms with Gasteiger partial charge in [0.25, 0.3) is 0 Å². The molecule has 0 amide bonds. The molecule has 78 valence electrons. The molecule has 1 aromatic rings. The van der Waals surface area contributed by atoms with Gasteiger partial charge in [-0.05, 0) is 25.7 Å². The zero-order valence-corrected chi connectivity index (χ0v) is 10.2. The maximum absolute atomic E-state index is 12.9. The third-order valence-corrected chi connectivity index (χ3v) is 2.60. The summed E-state index contributed by atoms with van der Waals surface area (Å²) in [5.74, 6) is -0.0531. The number of rotatable bonds is 2. The molecule has 2 nitrogen and oxygen atoms in total. The number of hydrogen-bond donors (Lipinski definition) is 1. The largest absolute Gasteiger partial charge is 0.543 e. The Morgan fingerprint density at radius 1 is 1.36 bits per heavy atom. The van der Waals surface area contributed by atoms with Crippen LogP contribution in [0.25, 0.3) is 0 Å². The summed E-state index contributed by atoms with van der Waals surface area (Å²) in [5.41, 5.74) is 5.47. The lowest BCUT2D eigenvalue weighted by molar-refractivity contribution is 0.554. The molecule has 2 N–H and O–H groups in total. The lowest BCUT2D eigenvalue weighted by Crippen LogP contribution is -2.29. The second-order valence-corrected chi connectivity index (χ2v) is 8.85. The minimum atomic E-state index is -1.73. The van der Waals surface area contributed by atoms with E-state index in [0.717, 1.165) is 0 Å². The van der Waals surface area contributed by atoms with E-state index in [9.17, 15) is 4.39 Å². The highest BCUT2D eigenvalue weighted by atomic mass is 35.5. The summed E-state index contributed by atoms with van der Waals surface area (Å²) in [4.78, 5) is 0.